The topological polar surface area (TPSA) is 69.9 Å². The zero-order valence-corrected chi connectivity index (χ0v) is 8.25. The molecule has 0 spiro atoms. The summed E-state index contributed by atoms with van der Waals surface area (Å²) >= 11 is 0. The average molecular weight is 206 g/mol. The van der Waals surface area contributed by atoms with Crippen LogP contribution in [-0.4, -0.2) is 32.9 Å². The van der Waals surface area contributed by atoms with Gasteiger partial charge >= 0.3 is 0 Å². The summed E-state index contributed by atoms with van der Waals surface area (Å²) in [7, 11) is 1.54. The van der Waals surface area contributed by atoms with E-state index in [0.29, 0.717) is 24.5 Å². The molecular weight excluding hydrogens is 196 g/mol. The van der Waals surface area contributed by atoms with E-state index >= 15 is 0 Å². The van der Waals surface area contributed by atoms with Crippen molar-refractivity contribution in [2.24, 2.45) is 0 Å². The smallest absolute Gasteiger partial charge is 0.243 e. The molecule has 0 fully saturated rings. The van der Waals surface area contributed by atoms with E-state index in [2.05, 4.69) is 15.0 Å². The van der Waals surface area contributed by atoms with Crippen LogP contribution in [0.2, 0.25) is 0 Å². The van der Waals surface area contributed by atoms with Crippen molar-refractivity contribution in [1.82, 2.24) is 19.5 Å². The first-order valence-electron chi connectivity index (χ1n) is 4.50. The maximum atomic E-state index is 10.3. The molecule has 0 aliphatic carbocycles. The highest BCUT2D eigenvalue weighted by molar-refractivity contribution is 5.76. The number of hydrogen-bond donors (Lipinski definition) is 0. The van der Waals surface area contributed by atoms with Gasteiger partial charge in [-0.1, -0.05) is 0 Å². The molecule has 15 heavy (non-hydrogen) atoms. The van der Waals surface area contributed by atoms with Crippen molar-refractivity contribution in [3.05, 3.63) is 12.7 Å². The first kappa shape index (κ1) is 9.57. The first-order chi connectivity index (χ1) is 7.36. The Morgan fingerprint density at radius 1 is 1.47 bits per heavy atom. The van der Waals surface area contributed by atoms with E-state index in [1.165, 1.54) is 6.33 Å². The van der Waals surface area contributed by atoms with Gasteiger partial charge in [-0.15, -0.1) is 0 Å². The van der Waals surface area contributed by atoms with Gasteiger partial charge < -0.3 is 14.1 Å². The second-order valence-electron chi connectivity index (χ2n) is 2.95. The quantitative estimate of drug-likeness (QED) is 0.678. The maximum absolute atomic E-state index is 10.3. The Bertz CT molecular complexity index is 480. The van der Waals surface area contributed by atoms with E-state index in [9.17, 15) is 4.79 Å². The molecule has 0 unspecified atom stereocenters. The number of methoxy groups -OCH3 is 1. The molecule has 6 heteroatoms. The molecule has 0 atom stereocenters. The summed E-state index contributed by atoms with van der Waals surface area (Å²) in [6.45, 7) is 0.559. The van der Waals surface area contributed by atoms with Crippen LogP contribution >= 0.6 is 0 Å². The fraction of sp³-hybridized carbons (Fsp3) is 0.333. The van der Waals surface area contributed by atoms with Crippen LogP contribution in [0.5, 0.6) is 5.88 Å². The lowest BCUT2D eigenvalue weighted by Gasteiger charge is -2.03. The lowest BCUT2D eigenvalue weighted by atomic mass is 10.4. The second kappa shape index (κ2) is 4.04. The molecule has 2 aromatic rings. The predicted molar refractivity (Wildman–Crippen MR) is 52.6 cm³/mol. The molecule has 2 rings (SSSR count). The van der Waals surface area contributed by atoms with E-state index in [0.717, 1.165) is 11.8 Å². The van der Waals surface area contributed by atoms with Crippen LogP contribution < -0.4 is 4.74 Å². The number of carbonyl (C=O) groups is 1. The minimum absolute atomic E-state index is 0.434. The van der Waals surface area contributed by atoms with Crippen molar-refractivity contribution >= 4 is 17.5 Å². The van der Waals surface area contributed by atoms with Gasteiger partial charge in [0.05, 0.1) is 13.4 Å². The summed E-state index contributed by atoms with van der Waals surface area (Å²) in [4.78, 5) is 22.4. The van der Waals surface area contributed by atoms with Crippen molar-refractivity contribution in [1.29, 1.82) is 0 Å². The summed E-state index contributed by atoms with van der Waals surface area (Å²) < 4.78 is 6.91. The maximum Gasteiger partial charge on any atom is 0.243 e. The Labute approximate surface area is 85.9 Å². The third kappa shape index (κ3) is 1.65. The molecule has 0 aliphatic rings. The van der Waals surface area contributed by atoms with Crippen LogP contribution in [0.3, 0.4) is 0 Å². The van der Waals surface area contributed by atoms with Gasteiger partial charge in [0, 0.05) is 13.0 Å². The molecule has 0 saturated carbocycles. The molecule has 6 nitrogen and oxygen atoms in total. The number of imidazole rings is 1. The lowest BCUT2D eigenvalue weighted by molar-refractivity contribution is -0.108. The Morgan fingerprint density at radius 2 is 2.33 bits per heavy atom. The van der Waals surface area contributed by atoms with Crippen LogP contribution in [0.25, 0.3) is 11.2 Å². The number of ether oxygens (including phenoxy) is 1. The van der Waals surface area contributed by atoms with Crippen LogP contribution in [0.1, 0.15) is 6.42 Å². The second-order valence-corrected chi connectivity index (χ2v) is 2.95. The van der Waals surface area contributed by atoms with E-state index in [1.54, 1.807) is 13.4 Å². The van der Waals surface area contributed by atoms with Crippen LogP contribution in [0.15, 0.2) is 12.7 Å². The fourth-order valence-electron chi connectivity index (χ4n) is 1.39. The number of carbonyl (C=O) groups excluding carboxylic acids is 1. The summed E-state index contributed by atoms with van der Waals surface area (Å²) in [6.07, 6.45) is 4.33. The first-order valence-corrected chi connectivity index (χ1v) is 4.50. The Hall–Kier alpha value is -1.98. The van der Waals surface area contributed by atoms with E-state index in [1.807, 2.05) is 4.57 Å². The predicted octanol–water partition coefficient (Wildman–Crippen LogP) is 0.424. The number of aromatic nitrogens is 4. The molecule has 0 aromatic carbocycles. The molecule has 0 saturated heterocycles. The normalized spacial score (nSPS) is 10.5. The molecule has 0 N–H and O–H groups in total. The highest BCUT2D eigenvalue weighted by Gasteiger charge is 2.10. The van der Waals surface area contributed by atoms with Crippen LogP contribution in [-0.2, 0) is 11.3 Å². The minimum Gasteiger partial charge on any atom is -0.479 e. The minimum atomic E-state index is 0.434. The molecule has 78 valence electrons. The van der Waals surface area contributed by atoms with Crippen LogP contribution in [0.4, 0.5) is 0 Å². The number of fused-ring (bicyclic) bond motifs is 1. The van der Waals surface area contributed by atoms with Gasteiger partial charge in [0.25, 0.3) is 0 Å². The number of nitrogens with zero attached hydrogens (tertiary/aromatic N) is 4. The summed E-state index contributed by atoms with van der Waals surface area (Å²) in [5.41, 5.74) is 1.30. The lowest BCUT2D eigenvalue weighted by Crippen LogP contribution is -1.99. The molecule has 0 radical (unpaired) electrons. The highest BCUT2D eigenvalue weighted by Crippen LogP contribution is 2.19. The third-order valence-corrected chi connectivity index (χ3v) is 2.06. The summed E-state index contributed by atoms with van der Waals surface area (Å²) in [6, 6.07) is 0. The Kier molecular flexibility index (Phi) is 2.57. The Morgan fingerprint density at radius 3 is 3.07 bits per heavy atom. The van der Waals surface area contributed by atoms with Gasteiger partial charge in [0.2, 0.25) is 5.88 Å². The zero-order chi connectivity index (χ0) is 10.7. The van der Waals surface area contributed by atoms with Gasteiger partial charge in [-0.3, -0.25) is 0 Å². The van der Waals surface area contributed by atoms with Crippen molar-refractivity contribution in [3.63, 3.8) is 0 Å². The van der Waals surface area contributed by atoms with Crippen molar-refractivity contribution in [3.8, 4) is 5.88 Å². The molecule has 0 amide bonds. The van der Waals surface area contributed by atoms with Gasteiger partial charge in [-0.25, -0.2) is 9.97 Å². The van der Waals surface area contributed by atoms with Gasteiger partial charge in [0.1, 0.15) is 12.6 Å². The summed E-state index contributed by atoms with van der Waals surface area (Å²) in [5.74, 6) is 0.475. The van der Waals surface area contributed by atoms with E-state index in [4.69, 9.17) is 4.74 Å². The third-order valence-electron chi connectivity index (χ3n) is 2.06. The van der Waals surface area contributed by atoms with Crippen molar-refractivity contribution < 1.29 is 9.53 Å². The highest BCUT2D eigenvalue weighted by atomic mass is 16.5. The number of rotatable bonds is 4. The number of hydrogen-bond acceptors (Lipinski definition) is 5. The van der Waals surface area contributed by atoms with E-state index < -0.39 is 0 Å². The van der Waals surface area contributed by atoms with Gasteiger partial charge in [-0.2, -0.15) is 4.98 Å². The molecular formula is C9H10N4O2. The van der Waals surface area contributed by atoms with Crippen molar-refractivity contribution in [2.75, 3.05) is 7.11 Å². The standard InChI is InChI=1S/C9H10N4O2/c1-15-9-7-8(10-5-11-9)12-6-13(7)3-2-4-14/h4-6H,2-3H2,1H3. The SMILES string of the molecule is COc1ncnc2ncn(CCC=O)c12. The molecule has 2 heterocycles. The van der Waals surface area contributed by atoms with Gasteiger partial charge in [0.15, 0.2) is 11.2 Å². The zero-order valence-electron chi connectivity index (χ0n) is 8.25. The van der Waals surface area contributed by atoms with Crippen molar-refractivity contribution in [2.45, 2.75) is 13.0 Å². The van der Waals surface area contributed by atoms with E-state index in [-0.39, 0.29) is 0 Å². The Balaban J connectivity index is 2.50. The monoisotopic (exact) mass is 206 g/mol. The molecule has 0 bridgehead atoms. The molecule has 2 aromatic heterocycles. The largest absolute Gasteiger partial charge is 0.479 e. The average Bonchev–Trinajstić information content (AvgIpc) is 2.69. The van der Waals surface area contributed by atoms with Gasteiger partial charge in [-0.05, 0) is 0 Å². The summed E-state index contributed by atoms with van der Waals surface area (Å²) in [5, 5.41) is 0. The van der Waals surface area contributed by atoms with Crippen LogP contribution in [0, 0.1) is 0 Å². The number of aldehydes is 1. The molecule has 0 aliphatic heterocycles. The number of aryl methyl sites for hydroxylation is 1. The fourth-order valence-corrected chi connectivity index (χ4v) is 1.39.